The summed E-state index contributed by atoms with van der Waals surface area (Å²) in [6.07, 6.45) is -1.96. The molecule has 0 aliphatic carbocycles. The van der Waals surface area contributed by atoms with Gasteiger partial charge in [-0.3, -0.25) is 0 Å². The van der Waals surface area contributed by atoms with Crippen LogP contribution >= 0.6 is 0 Å². The van der Waals surface area contributed by atoms with E-state index in [0.717, 1.165) is 0 Å². The Hall–Kier alpha value is -1.58. The molecular weight excluding hydrogens is 187 g/mol. The van der Waals surface area contributed by atoms with Gasteiger partial charge in [0.1, 0.15) is 5.75 Å². The Labute approximate surface area is 81.1 Å². The lowest BCUT2D eigenvalue weighted by molar-refractivity contribution is -0.142. The van der Waals surface area contributed by atoms with Crippen LogP contribution in [0.5, 0.6) is 5.75 Å². The molecule has 0 fully saturated rings. The van der Waals surface area contributed by atoms with E-state index in [1.807, 2.05) is 0 Å². The summed E-state index contributed by atoms with van der Waals surface area (Å²) >= 11 is 0. The molecule has 0 bridgehead atoms. The van der Waals surface area contributed by atoms with E-state index in [2.05, 4.69) is 0 Å². The number of alkyl halides is 1. The molecule has 0 saturated carbocycles. The van der Waals surface area contributed by atoms with Crippen molar-refractivity contribution in [2.45, 2.75) is 12.6 Å². The maximum atomic E-state index is 12.8. The molecule has 1 aromatic rings. The average molecular weight is 198 g/mol. The highest BCUT2D eigenvalue weighted by Crippen LogP contribution is 2.13. The van der Waals surface area contributed by atoms with Gasteiger partial charge >= 0.3 is 5.97 Å². The van der Waals surface area contributed by atoms with Crippen molar-refractivity contribution >= 4 is 5.97 Å². The number of hydrogen-bond donors (Lipinski definition) is 1. The third kappa shape index (κ3) is 2.73. The molecule has 0 radical (unpaired) electrons. The molecule has 14 heavy (non-hydrogen) atoms. The number of methoxy groups -OCH3 is 1. The first kappa shape index (κ1) is 10.5. The van der Waals surface area contributed by atoms with Gasteiger partial charge in [0.2, 0.25) is 6.17 Å². The molecule has 1 rings (SSSR count). The molecule has 0 aliphatic rings. The van der Waals surface area contributed by atoms with Crippen LogP contribution < -0.4 is 4.74 Å². The van der Waals surface area contributed by atoms with E-state index in [4.69, 9.17) is 9.84 Å². The van der Waals surface area contributed by atoms with E-state index >= 15 is 0 Å². The van der Waals surface area contributed by atoms with Crippen LogP contribution in [0.4, 0.5) is 4.39 Å². The first-order valence-corrected chi connectivity index (χ1v) is 4.13. The molecule has 0 aromatic heterocycles. The number of hydrogen-bond acceptors (Lipinski definition) is 2. The maximum absolute atomic E-state index is 12.8. The van der Waals surface area contributed by atoms with Crippen molar-refractivity contribution < 1.29 is 19.0 Å². The summed E-state index contributed by atoms with van der Waals surface area (Å²) < 4.78 is 17.7. The minimum absolute atomic E-state index is 0.112. The van der Waals surface area contributed by atoms with E-state index < -0.39 is 12.1 Å². The Morgan fingerprint density at radius 1 is 1.50 bits per heavy atom. The van der Waals surface area contributed by atoms with Gasteiger partial charge in [-0.2, -0.15) is 0 Å². The van der Waals surface area contributed by atoms with Crippen molar-refractivity contribution in [1.82, 2.24) is 0 Å². The van der Waals surface area contributed by atoms with Gasteiger partial charge in [-0.1, -0.05) is 12.1 Å². The summed E-state index contributed by atoms with van der Waals surface area (Å²) in [6, 6.07) is 6.64. The van der Waals surface area contributed by atoms with Crippen molar-refractivity contribution in [3.63, 3.8) is 0 Å². The molecule has 3 nitrogen and oxygen atoms in total. The van der Waals surface area contributed by atoms with Gasteiger partial charge < -0.3 is 9.84 Å². The highest BCUT2D eigenvalue weighted by molar-refractivity contribution is 5.72. The average Bonchev–Trinajstić information content (AvgIpc) is 2.19. The molecule has 0 heterocycles. The fourth-order valence-electron chi connectivity index (χ4n) is 1.06. The summed E-state index contributed by atoms with van der Waals surface area (Å²) in [7, 11) is 1.53. The van der Waals surface area contributed by atoms with E-state index in [1.165, 1.54) is 7.11 Å². The number of carboxylic acid groups (broad SMARTS) is 1. The SMILES string of the molecule is COc1ccc(CC(F)C(=O)O)cc1. The molecule has 1 unspecified atom stereocenters. The maximum Gasteiger partial charge on any atom is 0.338 e. The highest BCUT2D eigenvalue weighted by Gasteiger charge is 2.15. The van der Waals surface area contributed by atoms with E-state index in [-0.39, 0.29) is 6.42 Å². The van der Waals surface area contributed by atoms with Gasteiger partial charge in [0, 0.05) is 6.42 Å². The first-order valence-electron chi connectivity index (χ1n) is 4.13. The van der Waals surface area contributed by atoms with Gasteiger partial charge in [0.25, 0.3) is 0 Å². The van der Waals surface area contributed by atoms with Gasteiger partial charge in [-0.15, -0.1) is 0 Å². The van der Waals surface area contributed by atoms with E-state index in [9.17, 15) is 9.18 Å². The smallest absolute Gasteiger partial charge is 0.338 e. The lowest BCUT2D eigenvalue weighted by Gasteiger charge is -2.04. The molecule has 0 aliphatic heterocycles. The minimum Gasteiger partial charge on any atom is -0.497 e. The first-order chi connectivity index (χ1) is 6.63. The van der Waals surface area contributed by atoms with Crippen LogP contribution in [0.25, 0.3) is 0 Å². The predicted molar refractivity (Wildman–Crippen MR) is 49.2 cm³/mol. The Morgan fingerprint density at radius 3 is 2.50 bits per heavy atom. The monoisotopic (exact) mass is 198 g/mol. The molecule has 4 heteroatoms. The van der Waals surface area contributed by atoms with Crippen LogP contribution in [-0.4, -0.2) is 24.4 Å². The second kappa shape index (κ2) is 4.60. The van der Waals surface area contributed by atoms with Crippen molar-refractivity contribution in [1.29, 1.82) is 0 Å². The topological polar surface area (TPSA) is 46.5 Å². The van der Waals surface area contributed by atoms with Crippen LogP contribution in [0.1, 0.15) is 5.56 Å². The number of rotatable bonds is 4. The summed E-state index contributed by atoms with van der Waals surface area (Å²) in [5.74, 6) is -0.764. The summed E-state index contributed by atoms with van der Waals surface area (Å²) in [4.78, 5) is 10.2. The van der Waals surface area contributed by atoms with Gasteiger partial charge in [-0.25, -0.2) is 9.18 Å². The Morgan fingerprint density at radius 2 is 2.07 bits per heavy atom. The molecule has 1 atom stereocenters. The molecule has 0 saturated heterocycles. The zero-order valence-electron chi connectivity index (χ0n) is 7.74. The van der Waals surface area contributed by atoms with E-state index in [0.29, 0.717) is 11.3 Å². The minimum atomic E-state index is -1.84. The fourth-order valence-corrected chi connectivity index (χ4v) is 1.06. The Kier molecular flexibility index (Phi) is 3.45. The third-order valence-electron chi connectivity index (χ3n) is 1.84. The quantitative estimate of drug-likeness (QED) is 0.800. The van der Waals surface area contributed by atoms with Crippen LogP contribution in [0.2, 0.25) is 0 Å². The molecule has 1 N–H and O–H groups in total. The van der Waals surface area contributed by atoms with Crippen molar-refractivity contribution in [2.75, 3.05) is 7.11 Å². The summed E-state index contributed by atoms with van der Waals surface area (Å²) in [5, 5.41) is 8.34. The number of aliphatic carboxylic acids is 1. The number of halogens is 1. The van der Waals surface area contributed by atoms with Gasteiger partial charge in [-0.05, 0) is 17.7 Å². The second-order valence-electron chi connectivity index (χ2n) is 2.86. The van der Waals surface area contributed by atoms with Gasteiger partial charge in [0.15, 0.2) is 0 Å². The lowest BCUT2D eigenvalue weighted by atomic mass is 10.1. The molecule has 1 aromatic carbocycles. The second-order valence-corrected chi connectivity index (χ2v) is 2.86. The molecular formula is C10H11FO3. The molecule has 76 valence electrons. The summed E-state index contributed by atoms with van der Waals surface area (Å²) in [5.41, 5.74) is 0.640. The van der Waals surface area contributed by atoms with Crippen molar-refractivity contribution in [3.8, 4) is 5.75 Å². The molecule has 0 spiro atoms. The van der Waals surface area contributed by atoms with Crippen LogP contribution in [0.15, 0.2) is 24.3 Å². The largest absolute Gasteiger partial charge is 0.497 e. The number of carboxylic acids is 1. The number of carbonyl (C=O) groups is 1. The number of ether oxygens (including phenoxy) is 1. The van der Waals surface area contributed by atoms with Crippen LogP contribution in [0.3, 0.4) is 0 Å². The predicted octanol–water partition coefficient (Wildman–Crippen LogP) is 1.66. The Balaban J connectivity index is 2.64. The fraction of sp³-hybridized carbons (Fsp3) is 0.300. The van der Waals surface area contributed by atoms with Crippen LogP contribution in [-0.2, 0) is 11.2 Å². The highest BCUT2D eigenvalue weighted by atomic mass is 19.1. The van der Waals surface area contributed by atoms with E-state index in [1.54, 1.807) is 24.3 Å². The zero-order chi connectivity index (χ0) is 10.6. The van der Waals surface area contributed by atoms with Crippen molar-refractivity contribution in [2.24, 2.45) is 0 Å². The third-order valence-corrected chi connectivity index (χ3v) is 1.84. The van der Waals surface area contributed by atoms with Crippen molar-refractivity contribution in [3.05, 3.63) is 29.8 Å². The zero-order valence-corrected chi connectivity index (χ0v) is 7.74. The standard InChI is InChI=1S/C10H11FO3/c1-14-8-4-2-7(3-5-8)6-9(11)10(12)13/h2-5,9H,6H2,1H3,(H,12,13). The Bertz CT molecular complexity index is 308. The summed E-state index contributed by atoms with van der Waals surface area (Å²) in [6.45, 7) is 0. The normalized spacial score (nSPS) is 12.1. The van der Waals surface area contributed by atoms with Gasteiger partial charge in [0.05, 0.1) is 7.11 Å². The lowest BCUT2D eigenvalue weighted by Crippen LogP contribution is -2.16. The van der Waals surface area contributed by atoms with Crippen LogP contribution in [0, 0.1) is 0 Å². The molecule has 0 amide bonds. The number of benzene rings is 1.